The number of rotatable bonds is 10. The smallest absolute Gasteiger partial charge is 0.129 e. The number of hydrogen-bond donors (Lipinski definition) is 2. The summed E-state index contributed by atoms with van der Waals surface area (Å²) in [4.78, 5) is 13.2. The van der Waals surface area contributed by atoms with Crippen molar-refractivity contribution in [2.24, 2.45) is 0 Å². The third kappa shape index (κ3) is 5.74. The summed E-state index contributed by atoms with van der Waals surface area (Å²) in [7, 11) is 1.70. The van der Waals surface area contributed by atoms with E-state index in [9.17, 15) is 0 Å². The van der Waals surface area contributed by atoms with Gasteiger partial charge in [0.15, 0.2) is 0 Å². The molecule has 1 aromatic carbocycles. The molecule has 0 fully saturated rings. The lowest BCUT2D eigenvalue weighted by Crippen LogP contribution is -2.12. The van der Waals surface area contributed by atoms with Gasteiger partial charge >= 0.3 is 0 Å². The quantitative estimate of drug-likeness (QED) is 0.506. The number of hydrogen-bond acceptors (Lipinski definition) is 6. The molecule has 0 amide bonds. The Morgan fingerprint density at radius 2 is 1.93 bits per heavy atom. The predicted molar refractivity (Wildman–Crippen MR) is 115 cm³/mol. The number of ether oxygens (including phenoxy) is 1. The van der Waals surface area contributed by atoms with Gasteiger partial charge < -0.3 is 15.2 Å². The van der Waals surface area contributed by atoms with E-state index in [1.54, 1.807) is 13.4 Å². The maximum Gasteiger partial charge on any atom is 0.129 e. The number of pyridine rings is 1. The van der Waals surface area contributed by atoms with Crippen LogP contribution in [0.1, 0.15) is 36.9 Å². The van der Waals surface area contributed by atoms with Crippen LogP contribution in [0.3, 0.4) is 0 Å². The molecule has 0 saturated carbocycles. The highest BCUT2D eigenvalue weighted by Crippen LogP contribution is 2.26. The van der Waals surface area contributed by atoms with Crippen molar-refractivity contribution in [1.82, 2.24) is 15.0 Å². The zero-order valence-electron chi connectivity index (χ0n) is 17.0. The first-order chi connectivity index (χ1) is 14.2. The molecule has 3 aromatic rings. The van der Waals surface area contributed by atoms with Gasteiger partial charge in [0, 0.05) is 42.6 Å². The van der Waals surface area contributed by atoms with Gasteiger partial charge in [0.2, 0.25) is 0 Å². The fourth-order valence-corrected chi connectivity index (χ4v) is 3.25. The van der Waals surface area contributed by atoms with E-state index in [1.807, 2.05) is 36.5 Å². The SMILES string of the molecule is COc1ccccc1[C@H](C)CNc1cc(-c2ccnc(CCCCO)c2)ncn1. The van der Waals surface area contributed by atoms with Crippen LogP contribution in [0.15, 0.2) is 55.0 Å². The van der Waals surface area contributed by atoms with Crippen LogP contribution < -0.4 is 10.1 Å². The molecule has 0 spiro atoms. The standard InChI is InChI=1S/C23H28N4O2/c1-17(20-8-3-4-9-22(20)29-2)15-25-23-14-21(26-16-27-23)18-10-11-24-19(13-18)7-5-6-12-28/h3-4,8-11,13-14,16-17,28H,5-7,12,15H2,1-2H3,(H,25,26,27)/t17-/m1/s1. The Balaban J connectivity index is 1.67. The van der Waals surface area contributed by atoms with Crippen LogP contribution >= 0.6 is 0 Å². The zero-order valence-corrected chi connectivity index (χ0v) is 17.0. The monoisotopic (exact) mass is 392 g/mol. The lowest BCUT2D eigenvalue weighted by atomic mass is 10.00. The molecule has 0 aliphatic carbocycles. The summed E-state index contributed by atoms with van der Waals surface area (Å²) in [6.07, 6.45) is 5.95. The minimum atomic E-state index is 0.216. The molecule has 0 aliphatic rings. The number of para-hydroxylation sites is 1. The molecule has 2 aromatic heterocycles. The van der Waals surface area contributed by atoms with E-state index in [1.165, 1.54) is 5.56 Å². The van der Waals surface area contributed by atoms with Crippen LogP contribution in [0.25, 0.3) is 11.3 Å². The van der Waals surface area contributed by atoms with Crippen molar-refractivity contribution in [3.05, 3.63) is 66.2 Å². The highest BCUT2D eigenvalue weighted by Gasteiger charge is 2.11. The van der Waals surface area contributed by atoms with E-state index >= 15 is 0 Å². The lowest BCUT2D eigenvalue weighted by Gasteiger charge is -2.16. The number of methoxy groups -OCH3 is 1. The van der Waals surface area contributed by atoms with Crippen molar-refractivity contribution >= 4 is 5.82 Å². The normalized spacial score (nSPS) is 11.8. The minimum absolute atomic E-state index is 0.216. The van der Waals surface area contributed by atoms with Gasteiger partial charge in [-0.2, -0.15) is 0 Å². The maximum absolute atomic E-state index is 8.95. The summed E-state index contributed by atoms with van der Waals surface area (Å²) >= 11 is 0. The van der Waals surface area contributed by atoms with Gasteiger partial charge in [-0.05, 0) is 43.0 Å². The van der Waals surface area contributed by atoms with Crippen LogP contribution in [0.4, 0.5) is 5.82 Å². The molecule has 6 nitrogen and oxygen atoms in total. The highest BCUT2D eigenvalue weighted by molar-refractivity contribution is 5.62. The molecule has 29 heavy (non-hydrogen) atoms. The Bertz CT molecular complexity index is 917. The second-order valence-corrected chi connectivity index (χ2v) is 7.03. The van der Waals surface area contributed by atoms with Crippen LogP contribution in [0.5, 0.6) is 5.75 Å². The van der Waals surface area contributed by atoms with Crippen LogP contribution in [-0.2, 0) is 6.42 Å². The van der Waals surface area contributed by atoms with E-state index in [0.29, 0.717) is 0 Å². The van der Waals surface area contributed by atoms with Gasteiger partial charge in [-0.3, -0.25) is 4.98 Å². The van der Waals surface area contributed by atoms with Gasteiger partial charge in [-0.15, -0.1) is 0 Å². The summed E-state index contributed by atoms with van der Waals surface area (Å²) in [6.45, 7) is 3.11. The number of benzene rings is 1. The fourth-order valence-electron chi connectivity index (χ4n) is 3.25. The van der Waals surface area contributed by atoms with E-state index in [2.05, 4.69) is 39.3 Å². The minimum Gasteiger partial charge on any atom is -0.496 e. The number of aromatic nitrogens is 3. The van der Waals surface area contributed by atoms with E-state index in [-0.39, 0.29) is 12.5 Å². The Morgan fingerprint density at radius 1 is 1.07 bits per heavy atom. The topological polar surface area (TPSA) is 80.2 Å². The van der Waals surface area contributed by atoms with Crippen molar-refractivity contribution in [3.63, 3.8) is 0 Å². The average molecular weight is 393 g/mol. The largest absolute Gasteiger partial charge is 0.496 e. The third-order valence-corrected chi connectivity index (χ3v) is 4.88. The van der Waals surface area contributed by atoms with E-state index in [4.69, 9.17) is 9.84 Å². The predicted octanol–water partition coefficient (Wildman–Crippen LogP) is 4.08. The third-order valence-electron chi connectivity index (χ3n) is 4.88. The summed E-state index contributed by atoms with van der Waals surface area (Å²) in [5.74, 6) is 1.95. The van der Waals surface area contributed by atoms with Crippen LogP contribution in [0.2, 0.25) is 0 Å². The molecular weight excluding hydrogens is 364 g/mol. The van der Waals surface area contributed by atoms with Gasteiger partial charge in [0.1, 0.15) is 17.9 Å². The summed E-state index contributed by atoms with van der Waals surface area (Å²) < 4.78 is 5.47. The Hall–Kier alpha value is -2.99. The molecule has 2 N–H and O–H groups in total. The number of anilines is 1. The van der Waals surface area contributed by atoms with Crippen LogP contribution in [0, 0.1) is 0 Å². The average Bonchev–Trinajstić information content (AvgIpc) is 2.78. The molecule has 1 atom stereocenters. The summed E-state index contributed by atoms with van der Waals surface area (Å²) in [5.41, 5.74) is 4.05. The molecule has 0 bridgehead atoms. The number of aryl methyl sites for hydroxylation is 1. The second-order valence-electron chi connectivity index (χ2n) is 7.03. The molecule has 0 radical (unpaired) electrons. The first-order valence-electron chi connectivity index (χ1n) is 9.96. The van der Waals surface area contributed by atoms with Gasteiger partial charge in [0.25, 0.3) is 0 Å². The van der Waals surface area contributed by atoms with Crippen molar-refractivity contribution in [3.8, 4) is 17.0 Å². The van der Waals surface area contributed by atoms with Crippen molar-refractivity contribution in [2.75, 3.05) is 25.6 Å². The van der Waals surface area contributed by atoms with Crippen molar-refractivity contribution < 1.29 is 9.84 Å². The maximum atomic E-state index is 8.95. The number of nitrogens with zero attached hydrogens (tertiary/aromatic N) is 3. The molecule has 0 aliphatic heterocycles. The Morgan fingerprint density at radius 3 is 2.76 bits per heavy atom. The number of aliphatic hydroxyl groups excluding tert-OH is 1. The number of aliphatic hydroxyl groups is 1. The Kier molecular flexibility index (Phi) is 7.53. The van der Waals surface area contributed by atoms with Crippen LogP contribution in [-0.4, -0.2) is 40.3 Å². The second kappa shape index (κ2) is 10.5. The molecular formula is C23H28N4O2. The number of nitrogens with one attached hydrogen (secondary N) is 1. The molecule has 0 unspecified atom stereocenters. The first kappa shape index (κ1) is 20.7. The molecule has 2 heterocycles. The van der Waals surface area contributed by atoms with Crippen molar-refractivity contribution in [1.29, 1.82) is 0 Å². The Labute approximate surface area is 172 Å². The van der Waals surface area contributed by atoms with E-state index < -0.39 is 0 Å². The first-order valence-corrected chi connectivity index (χ1v) is 9.96. The van der Waals surface area contributed by atoms with Gasteiger partial charge in [-0.1, -0.05) is 25.1 Å². The highest BCUT2D eigenvalue weighted by atomic mass is 16.5. The molecule has 152 valence electrons. The lowest BCUT2D eigenvalue weighted by molar-refractivity contribution is 0.284. The summed E-state index contributed by atoms with van der Waals surface area (Å²) in [5, 5.41) is 12.4. The zero-order chi connectivity index (χ0) is 20.5. The number of unbranched alkanes of at least 4 members (excludes halogenated alkanes) is 1. The summed E-state index contributed by atoms with van der Waals surface area (Å²) in [6, 6.07) is 14.1. The molecule has 6 heteroatoms. The van der Waals surface area contributed by atoms with Crippen molar-refractivity contribution in [2.45, 2.75) is 32.1 Å². The van der Waals surface area contributed by atoms with E-state index in [0.717, 1.165) is 54.3 Å². The van der Waals surface area contributed by atoms with Gasteiger partial charge in [0.05, 0.1) is 12.8 Å². The fraction of sp³-hybridized carbons (Fsp3) is 0.348. The molecule has 3 rings (SSSR count). The molecule has 0 saturated heterocycles. The van der Waals surface area contributed by atoms with Gasteiger partial charge in [-0.25, -0.2) is 9.97 Å².